The van der Waals surface area contributed by atoms with E-state index in [-0.39, 0.29) is 17.9 Å². The number of aromatic nitrogens is 4. The van der Waals surface area contributed by atoms with Crippen LogP contribution in [0.25, 0.3) is 11.0 Å². The maximum atomic E-state index is 12.5. The summed E-state index contributed by atoms with van der Waals surface area (Å²) in [5.41, 5.74) is 1.80. The number of rotatable bonds is 9. The molecule has 0 aromatic carbocycles. The van der Waals surface area contributed by atoms with Gasteiger partial charge in [-0.3, -0.25) is 4.79 Å². The number of amides is 1. The fourth-order valence-electron chi connectivity index (χ4n) is 4.70. The second-order valence-electron chi connectivity index (χ2n) is 11.1. The van der Waals surface area contributed by atoms with E-state index < -0.39 is 5.60 Å². The molecule has 0 saturated carbocycles. The van der Waals surface area contributed by atoms with E-state index in [1.165, 1.54) is 0 Å². The number of anilines is 3. The van der Waals surface area contributed by atoms with Gasteiger partial charge >= 0.3 is 6.09 Å². The summed E-state index contributed by atoms with van der Waals surface area (Å²) < 4.78 is 7.59. The number of carbonyl (C=O) groups is 2. The lowest BCUT2D eigenvalue weighted by Crippen LogP contribution is -2.39. The molecule has 204 valence electrons. The minimum absolute atomic E-state index is 0.156. The van der Waals surface area contributed by atoms with Crippen molar-refractivity contribution in [3.05, 3.63) is 36.3 Å². The fraction of sp³-hybridized carbons (Fsp3) is 0.536. The zero-order valence-corrected chi connectivity index (χ0v) is 23.2. The van der Waals surface area contributed by atoms with Crippen molar-refractivity contribution in [2.75, 3.05) is 30.3 Å². The third kappa shape index (κ3) is 6.41. The molecular formula is C28H39N7O3. The molecule has 0 bridgehead atoms. The summed E-state index contributed by atoms with van der Waals surface area (Å²) in [6.45, 7) is 13.7. The van der Waals surface area contributed by atoms with Crippen LogP contribution in [0, 0.1) is 5.92 Å². The number of Topliss-reactive ketones (excluding diaryl/α,β-unsaturated/α-hetero) is 1. The zero-order valence-electron chi connectivity index (χ0n) is 23.2. The Balaban J connectivity index is 1.40. The van der Waals surface area contributed by atoms with Crippen molar-refractivity contribution in [1.29, 1.82) is 0 Å². The van der Waals surface area contributed by atoms with Gasteiger partial charge in [-0.05, 0) is 57.7 Å². The van der Waals surface area contributed by atoms with Crippen molar-refractivity contribution in [2.24, 2.45) is 5.92 Å². The van der Waals surface area contributed by atoms with E-state index >= 15 is 0 Å². The van der Waals surface area contributed by atoms with E-state index in [4.69, 9.17) is 9.72 Å². The summed E-state index contributed by atoms with van der Waals surface area (Å²) in [4.78, 5) is 40.4. The molecule has 0 fully saturated rings. The molecule has 0 saturated heterocycles. The Labute approximate surface area is 224 Å². The summed E-state index contributed by atoms with van der Waals surface area (Å²) in [7, 11) is 0. The van der Waals surface area contributed by atoms with E-state index in [0.29, 0.717) is 49.4 Å². The number of nitrogens with zero attached hydrogens (tertiary/aromatic N) is 5. The third-order valence-corrected chi connectivity index (χ3v) is 6.49. The van der Waals surface area contributed by atoms with Crippen LogP contribution in [0.1, 0.15) is 77.3 Å². The minimum Gasteiger partial charge on any atom is -0.444 e. The second-order valence-corrected chi connectivity index (χ2v) is 11.1. The van der Waals surface area contributed by atoms with Gasteiger partial charge in [-0.2, -0.15) is 4.98 Å². The highest BCUT2D eigenvalue weighted by molar-refractivity contribution is 6.00. The van der Waals surface area contributed by atoms with E-state index in [1.807, 2.05) is 45.9 Å². The topological polar surface area (TPSA) is 114 Å². The number of hydrogen-bond donors (Lipinski definition) is 2. The summed E-state index contributed by atoms with van der Waals surface area (Å²) in [5.74, 6) is 1.59. The van der Waals surface area contributed by atoms with Gasteiger partial charge in [0.05, 0.1) is 17.6 Å². The van der Waals surface area contributed by atoms with Gasteiger partial charge in [-0.15, -0.1) is 0 Å². The van der Waals surface area contributed by atoms with Crippen LogP contribution < -0.4 is 10.6 Å². The molecule has 0 spiro atoms. The maximum Gasteiger partial charge on any atom is 0.410 e. The number of hydrogen-bond acceptors (Lipinski definition) is 8. The quantitative estimate of drug-likeness (QED) is 0.363. The molecule has 3 aromatic rings. The van der Waals surface area contributed by atoms with Gasteiger partial charge in [-0.1, -0.05) is 20.8 Å². The smallest absolute Gasteiger partial charge is 0.410 e. The van der Waals surface area contributed by atoms with Gasteiger partial charge < -0.3 is 24.8 Å². The number of ketones is 1. The minimum atomic E-state index is -0.522. The molecule has 10 nitrogen and oxygen atoms in total. The number of ether oxygens (including phenoxy) is 1. The molecular weight excluding hydrogens is 482 g/mol. The first kappa shape index (κ1) is 27.3. The van der Waals surface area contributed by atoms with Crippen LogP contribution in [0.15, 0.2) is 30.6 Å². The molecule has 1 amide bonds. The standard InChI is InChI=1S/C28H39N7O3/c1-7-13-34(27(37)38-28(4,5)6)14-12-29-20-8-11-24(30-17-20)32-26-31-16-19-15-22-23(36)10-9-21(18(2)3)35(22)25(19)33-26/h8,11,15-18,21,29H,7,9-10,12-14H2,1-6H3,(H,30,31,32,33). The second kappa shape index (κ2) is 11.4. The van der Waals surface area contributed by atoms with E-state index in [9.17, 15) is 9.59 Å². The molecule has 0 radical (unpaired) electrons. The lowest BCUT2D eigenvalue weighted by atomic mass is 9.93. The first-order chi connectivity index (χ1) is 18.1. The average molecular weight is 522 g/mol. The van der Waals surface area contributed by atoms with Crippen molar-refractivity contribution in [2.45, 2.75) is 72.4 Å². The molecule has 0 aliphatic carbocycles. The number of carbonyl (C=O) groups excluding carboxylic acids is 2. The summed E-state index contributed by atoms with van der Waals surface area (Å²) in [5, 5.41) is 7.35. The predicted octanol–water partition coefficient (Wildman–Crippen LogP) is 5.80. The summed E-state index contributed by atoms with van der Waals surface area (Å²) >= 11 is 0. The molecule has 1 aliphatic rings. The number of nitrogens with one attached hydrogen (secondary N) is 2. The van der Waals surface area contributed by atoms with Gasteiger partial charge in [0.1, 0.15) is 17.1 Å². The van der Waals surface area contributed by atoms with Gasteiger partial charge in [0.25, 0.3) is 0 Å². The zero-order chi connectivity index (χ0) is 27.4. The Morgan fingerprint density at radius 3 is 2.66 bits per heavy atom. The molecule has 2 N–H and O–H groups in total. The van der Waals surface area contributed by atoms with Crippen molar-refractivity contribution in [3.8, 4) is 0 Å². The summed E-state index contributed by atoms with van der Waals surface area (Å²) in [6, 6.07) is 5.90. The number of fused-ring (bicyclic) bond motifs is 3. The Hall–Kier alpha value is -3.69. The van der Waals surface area contributed by atoms with Gasteiger partial charge in [-0.25, -0.2) is 14.8 Å². The molecule has 1 unspecified atom stereocenters. The SMILES string of the molecule is CCCN(CCNc1ccc(Nc2ncc3cc4n(c3n2)C(C(C)C)CCC4=O)nc1)C(=O)OC(C)(C)C. The van der Waals surface area contributed by atoms with Crippen molar-refractivity contribution >= 4 is 40.4 Å². The van der Waals surface area contributed by atoms with Gasteiger partial charge in [0, 0.05) is 43.7 Å². The molecule has 38 heavy (non-hydrogen) atoms. The highest BCUT2D eigenvalue weighted by Gasteiger charge is 2.30. The highest BCUT2D eigenvalue weighted by Crippen LogP contribution is 2.35. The Morgan fingerprint density at radius 2 is 2.00 bits per heavy atom. The van der Waals surface area contributed by atoms with Crippen LogP contribution >= 0.6 is 0 Å². The van der Waals surface area contributed by atoms with Crippen LogP contribution in [-0.2, 0) is 4.74 Å². The van der Waals surface area contributed by atoms with Crippen LogP contribution in [0.5, 0.6) is 0 Å². The van der Waals surface area contributed by atoms with E-state index in [1.54, 1.807) is 17.3 Å². The monoisotopic (exact) mass is 521 g/mol. The Kier molecular flexibility index (Phi) is 8.18. The number of pyridine rings is 1. The van der Waals surface area contributed by atoms with Crippen LogP contribution in [0.4, 0.5) is 22.2 Å². The van der Waals surface area contributed by atoms with Crippen LogP contribution in [0.2, 0.25) is 0 Å². The van der Waals surface area contributed by atoms with Crippen molar-refractivity contribution in [1.82, 2.24) is 24.4 Å². The van der Waals surface area contributed by atoms with Crippen molar-refractivity contribution < 1.29 is 14.3 Å². The first-order valence-corrected chi connectivity index (χ1v) is 13.4. The van der Waals surface area contributed by atoms with Gasteiger partial charge in [0.2, 0.25) is 5.95 Å². The van der Waals surface area contributed by atoms with Crippen molar-refractivity contribution in [3.63, 3.8) is 0 Å². The molecule has 4 rings (SSSR count). The molecule has 4 heterocycles. The molecule has 1 aliphatic heterocycles. The molecule has 3 aromatic heterocycles. The highest BCUT2D eigenvalue weighted by atomic mass is 16.6. The van der Waals surface area contributed by atoms with Crippen LogP contribution in [-0.4, -0.2) is 61.5 Å². The Bertz CT molecular complexity index is 1280. The fourth-order valence-corrected chi connectivity index (χ4v) is 4.70. The molecule has 10 heteroatoms. The molecule has 1 atom stereocenters. The third-order valence-electron chi connectivity index (χ3n) is 6.49. The maximum absolute atomic E-state index is 12.5. The normalized spacial score (nSPS) is 15.4. The Morgan fingerprint density at radius 1 is 1.21 bits per heavy atom. The van der Waals surface area contributed by atoms with E-state index in [2.05, 4.69) is 39.0 Å². The van der Waals surface area contributed by atoms with Gasteiger partial charge in [0.15, 0.2) is 5.78 Å². The van der Waals surface area contributed by atoms with Crippen LogP contribution in [0.3, 0.4) is 0 Å². The lowest BCUT2D eigenvalue weighted by Gasteiger charge is -2.28. The summed E-state index contributed by atoms with van der Waals surface area (Å²) in [6.07, 6.45) is 5.43. The average Bonchev–Trinajstić information content (AvgIpc) is 3.23. The van der Waals surface area contributed by atoms with E-state index in [0.717, 1.165) is 29.6 Å². The lowest BCUT2D eigenvalue weighted by molar-refractivity contribution is 0.0257. The predicted molar refractivity (Wildman–Crippen MR) is 149 cm³/mol. The largest absolute Gasteiger partial charge is 0.444 e. The first-order valence-electron chi connectivity index (χ1n) is 13.4.